The van der Waals surface area contributed by atoms with Crippen LogP contribution in [0.3, 0.4) is 0 Å². The van der Waals surface area contributed by atoms with Crippen molar-refractivity contribution in [3.8, 4) is 11.1 Å². The summed E-state index contributed by atoms with van der Waals surface area (Å²) in [5, 5.41) is 37.3. The summed E-state index contributed by atoms with van der Waals surface area (Å²) in [5.74, 6) is -5.23. The van der Waals surface area contributed by atoms with Crippen LogP contribution in [0.5, 0.6) is 0 Å². The van der Waals surface area contributed by atoms with E-state index in [1.54, 1.807) is 44.2 Å². The Hall–Kier alpha value is -4.03. The van der Waals surface area contributed by atoms with E-state index in [-0.39, 0.29) is 12.0 Å². The molecule has 3 aromatic rings. The summed E-state index contributed by atoms with van der Waals surface area (Å²) in [5.41, 5.74) is 2.68. The maximum absolute atomic E-state index is 13.7. The molecular weight excluding hydrogens is 623 g/mol. The highest BCUT2D eigenvalue weighted by atomic mass is 32.1. The SMILES string of the molecule is CC(OC(=O)NC(c1ccccc1)C(O)([PH2]=O)C(Cc1ccc(-c2ccsc2)cc1)C(=O)NC(CO)C(=O)O)OC(=O)C(C)C. The molecule has 0 saturated carbocycles. The molecule has 14 heteroatoms. The van der Waals surface area contributed by atoms with Gasteiger partial charge in [-0.05, 0) is 45.5 Å². The minimum Gasteiger partial charge on any atom is -0.480 e. The molecule has 2 aromatic carbocycles. The molecule has 12 nitrogen and oxygen atoms in total. The highest BCUT2D eigenvalue weighted by molar-refractivity contribution is 7.25. The molecule has 0 saturated heterocycles. The third kappa shape index (κ3) is 9.48. The predicted octanol–water partition coefficient (Wildman–Crippen LogP) is 3.59. The fraction of sp³-hybridized carbons (Fsp3) is 0.355. The number of carboxylic acids is 1. The van der Waals surface area contributed by atoms with Gasteiger partial charge in [0.25, 0.3) is 0 Å². The molecule has 0 aliphatic carbocycles. The van der Waals surface area contributed by atoms with Crippen molar-refractivity contribution in [1.82, 2.24) is 10.6 Å². The number of esters is 1. The van der Waals surface area contributed by atoms with E-state index in [4.69, 9.17) is 9.47 Å². The molecule has 6 unspecified atom stereocenters. The van der Waals surface area contributed by atoms with Gasteiger partial charge in [0.2, 0.25) is 12.2 Å². The van der Waals surface area contributed by atoms with E-state index in [0.29, 0.717) is 5.56 Å². The van der Waals surface area contributed by atoms with Crippen molar-refractivity contribution >= 4 is 43.7 Å². The largest absolute Gasteiger partial charge is 0.480 e. The van der Waals surface area contributed by atoms with Crippen LogP contribution in [0.2, 0.25) is 0 Å². The molecule has 1 aromatic heterocycles. The number of aliphatic hydroxyl groups excluding tert-OH is 1. The first-order valence-electron chi connectivity index (χ1n) is 14.1. The van der Waals surface area contributed by atoms with Gasteiger partial charge >= 0.3 is 18.0 Å². The van der Waals surface area contributed by atoms with Crippen LogP contribution >= 0.6 is 19.8 Å². The maximum Gasteiger partial charge on any atom is 0.410 e. The van der Waals surface area contributed by atoms with Crippen molar-refractivity contribution in [3.05, 3.63) is 82.6 Å². The van der Waals surface area contributed by atoms with Crippen molar-refractivity contribution in [1.29, 1.82) is 0 Å². The summed E-state index contributed by atoms with van der Waals surface area (Å²) in [6.45, 7) is 3.58. The second-order valence-corrected chi connectivity index (χ2v) is 12.5. The number of aliphatic hydroxyl groups is 2. The molecule has 6 atom stereocenters. The Morgan fingerprint density at radius 1 is 0.933 bits per heavy atom. The van der Waals surface area contributed by atoms with Crippen LogP contribution in [0, 0.1) is 11.8 Å². The zero-order chi connectivity index (χ0) is 33.1. The smallest absolute Gasteiger partial charge is 0.410 e. The summed E-state index contributed by atoms with van der Waals surface area (Å²) in [7, 11) is -2.26. The summed E-state index contributed by atoms with van der Waals surface area (Å²) in [6, 6.07) is 13.7. The van der Waals surface area contributed by atoms with E-state index in [1.807, 2.05) is 29.0 Å². The number of hydrogen-bond donors (Lipinski definition) is 5. The number of carbonyl (C=O) groups excluding carboxylic acids is 3. The van der Waals surface area contributed by atoms with Crippen molar-refractivity contribution in [2.75, 3.05) is 6.61 Å². The van der Waals surface area contributed by atoms with Gasteiger partial charge in [0, 0.05) is 6.92 Å². The topological polar surface area (TPSA) is 189 Å². The molecule has 0 fully saturated rings. The Balaban J connectivity index is 2.02. The van der Waals surface area contributed by atoms with Crippen LogP contribution in [0.15, 0.2) is 71.4 Å². The average Bonchev–Trinajstić information content (AvgIpc) is 3.56. The Bertz CT molecular complexity index is 1450. The van der Waals surface area contributed by atoms with Crippen molar-refractivity contribution in [2.45, 2.75) is 50.9 Å². The number of ether oxygens (including phenoxy) is 2. The molecule has 0 radical (unpaired) electrons. The van der Waals surface area contributed by atoms with Gasteiger partial charge in [0.15, 0.2) is 0 Å². The molecule has 45 heavy (non-hydrogen) atoms. The first-order valence-corrected chi connectivity index (χ1v) is 16.1. The lowest BCUT2D eigenvalue weighted by Crippen LogP contribution is -2.55. The fourth-order valence-corrected chi connectivity index (χ4v) is 6.02. The van der Waals surface area contributed by atoms with Crippen LogP contribution in [-0.4, -0.2) is 63.5 Å². The predicted molar refractivity (Wildman–Crippen MR) is 168 cm³/mol. The number of nitrogens with one attached hydrogen (secondary N) is 2. The second kappa shape index (κ2) is 16.3. The molecule has 1 heterocycles. The van der Waals surface area contributed by atoms with Gasteiger partial charge in [-0.2, -0.15) is 11.3 Å². The molecule has 242 valence electrons. The molecule has 3 rings (SSSR count). The third-order valence-corrected chi connectivity index (χ3v) is 8.79. The van der Waals surface area contributed by atoms with Crippen molar-refractivity contribution in [3.63, 3.8) is 0 Å². The zero-order valence-corrected chi connectivity index (χ0v) is 26.9. The lowest BCUT2D eigenvalue weighted by molar-refractivity contribution is -0.169. The standard InChI is InChI=1S/C31H37N2O10PS/c1-18(2)29(38)42-19(3)43-30(39)33-26(22-7-5-4-6-8-22)31(40,44-41)24(27(35)32-25(16-34)28(36)37)15-20-9-11-21(12-10-20)23-13-14-45-17-23/h4-14,17-19,24-26,34,40H,15-16,44H2,1-3H3,(H,32,35)(H,33,39)(H,36,37). The van der Waals surface area contributed by atoms with Gasteiger partial charge < -0.3 is 40.0 Å². The highest BCUT2D eigenvalue weighted by Crippen LogP contribution is 2.43. The molecule has 2 amide bonds. The average molecular weight is 661 g/mol. The number of hydrogen-bond acceptors (Lipinski definition) is 10. The van der Waals surface area contributed by atoms with Gasteiger partial charge in [-0.3, -0.25) is 9.59 Å². The van der Waals surface area contributed by atoms with Crippen LogP contribution in [-0.2, 0) is 34.8 Å². The number of carboxylic acid groups (broad SMARTS) is 1. The maximum atomic E-state index is 13.7. The Kier molecular flexibility index (Phi) is 12.9. The lowest BCUT2D eigenvalue weighted by Gasteiger charge is -2.38. The second-order valence-electron chi connectivity index (χ2n) is 10.6. The normalized spacial score (nSPS) is 15.4. The van der Waals surface area contributed by atoms with Crippen molar-refractivity contribution in [2.24, 2.45) is 11.8 Å². The summed E-state index contributed by atoms with van der Waals surface area (Å²) < 4.78 is 23.3. The van der Waals surface area contributed by atoms with E-state index in [1.165, 1.54) is 30.4 Å². The Morgan fingerprint density at radius 2 is 1.60 bits per heavy atom. The van der Waals surface area contributed by atoms with E-state index in [9.17, 15) is 39.1 Å². The number of alkyl carbamates (subject to hydrolysis) is 1. The lowest BCUT2D eigenvalue weighted by atomic mass is 9.85. The molecule has 5 N–H and O–H groups in total. The number of amides is 2. The minimum absolute atomic E-state index is 0.221. The highest BCUT2D eigenvalue weighted by Gasteiger charge is 2.49. The van der Waals surface area contributed by atoms with Crippen LogP contribution < -0.4 is 10.6 Å². The van der Waals surface area contributed by atoms with Gasteiger partial charge in [0.1, 0.15) is 11.4 Å². The Morgan fingerprint density at radius 3 is 2.13 bits per heavy atom. The van der Waals surface area contributed by atoms with Crippen LogP contribution in [0.4, 0.5) is 4.79 Å². The minimum atomic E-state index is -2.48. The summed E-state index contributed by atoms with van der Waals surface area (Å²) in [6.07, 6.45) is -2.68. The first kappa shape index (κ1) is 35.4. The molecule has 0 aliphatic rings. The van der Waals surface area contributed by atoms with E-state index >= 15 is 0 Å². The molecule has 0 aliphatic heterocycles. The number of carbonyl (C=O) groups is 4. The van der Waals surface area contributed by atoms with Crippen LogP contribution in [0.25, 0.3) is 11.1 Å². The van der Waals surface area contributed by atoms with Gasteiger partial charge in [-0.15, -0.1) is 0 Å². The third-order valence-electron chi connectivity index (χ3n) is 6.99. The van der Waals surface area contributed by atoms with E-state index < -0.39 is 74.6 Å². The quantitative estimate of drug-likeness (QED) is 0.0916. The monoisotopic (exact) mass is 660 g/mol. The van der Waals surface area contributed by atoms with Gasteiger partial charge in [-0.25, -0.2) is 9.59 Å². The number of thiophene rings is 1. The number of aliphatic carboxylic acids is 1. The van der Waals surface area contributed by atoms with E-state index in [0.717, 1.165) is 11.1 Å². The zero-order valence-electron chi connectivity index (χ0n) is 24.9. The number of rotatable bonds is 15. The fourth-order valence-electron chi connectivity index (χ4n) is 4.51. The van der Waals surface area contributed by atoms with Crippen LogP contribution in [0.1, 0.15) is 37.9 Å². The number of benzene rings is 2. The van der Waals surface area contributed by atoms with E-state index in [2.05, 4.69) is 10.6 Å². The van der Waals surface area contributed by atoms with Gasteiger partial charge in [-0.1, -0.05) is 68.4 Å². The first-order chi connectivity index (χ1) is 21.4. The summed E-state index contributed by atoms with van der Waals surface area (Å²) >= 11 is 1.53. The molecular formula is C31H37N2O10PS. The molecule has 0 bridgehead atoms. The van der Waals surface area contributed by atoms with Gasteiger partial charge in [0.05, 0.1) is 32.9 Å². The van der Waals surface area contributed by atoms with Crippen molar-refractivity contribution < 1.29 is 48.5 Å². The molecule has 0 spiro atoms. The summed E-state index contributed by atoms with van der Waals surface area (Å²) in [4.78, 5) is 50.3. The Labute approximate surface area is 265 Å².